The van der Waals surface area contributed by atoms with E-state index in [-0.39, 0.29) is 23.2 Å². The maximum Gasteiger partial charge on any atom is 0.239 e. The molecule has 0 aliphatic heterocycles. The molecule has 0 aliphatic carbocycles. The lowest BCUT2D eigenvalue weighted by atomic mass is 10.2. The van der Waals surface area contributed by atoms with Crippen LogP contribution in [0.25, 0.3) is 5.69 Å². The van der Waals surface area contributed by atoms with E-state index >= 15 is 0 Å². The predicted octanol–water partition coefficient (Wildman–Crippen LogP) is 2.97. The fraction of sp³-hybridized carbons (Fsp3) is 0.312. The molecule has 8 heteroatoms. The molecule has 6 nitrogen and oxygen atoms in total. The van der Waals surface area contributed by atoms with E-state index in [4.69, 9.17) is 4.52 Å². The van der Waals surface area contributed by atoms with E-state index in [1.807, 2.05) is 13.8 Å². The van der Waals surface area contributed by atoms with Crippen LogP contribution in [0.2, 0.25) is 0 Å². The van der Waals surface area contributed by atoms with Crippen molar-refractivity contribution in [3.8, 4) is 5.69 Å². The monoisotopic (exact) mass is 348 g/mol. The second-order valence-corrected chi connectivity index (χ2v) is 7.12. The van der Waals surface area contributed by atoms with Crippen LogP contribution >= 0.6 is 0 Å². The zero-order chi connectivity index (χ0) is 17.1. The van der Waals surface area contributed by atoms with E-state index in [2.05, 4.69) is 15.2 Å². The number of aromatic nitrogens is 4. The van der Waals surface area contributed by atoms with Gasteiger partial charge in [-0.15, -0.1) is 0 Å². The first-order valence-electron chi connectivity index (χ1n) is 7.49. The van der Waals surface area contributed by atoms with Gasteiger partial charge in [-0.25, -0.2) is 9.07 Å². The highest BCUT2D eigenvalue weighted by atomic mass is 32.2. The quantitative estimate of drug-likeness (QED) is 0.685. The normalized spacial score (nSPS) is 12.7. The molecule has 0 spiro atoms. The van der Waals surface area contributed by atoms with E-state index in [0.29, 0.717) is 23.1 Å². The molecule has 0 amide bonds. The van der Waals surface area contributed by atoms with Gasteiger partial charge < -0.3 is 4.52 Å². The topological polar surface area (TPSA) is 73.8 Å². The van der Waals surface area contributed by atoms with E-state index in [1.165, 1.54) is 12.1 Å². The van der Waals surface area contributed by atoms with Gasteiger partial charge in [0.2, 0.25) is 5.89 Å². The molecule has 0 N–H and O–H groups in total. The van der Waals surface area contributed by atoms with Crippen molar-refractivity contribution >= 4 is 10.8 Å². The van der Waals surface area contributed by atoms with Crippen LogP contribution in [-0.4, -0.2) is 24.1 Å². The minimum Gasteiger partial charge on any atom is -0.338 e. The molecule has 0 radical (unpaired) electrons. The predicted molar refractivity (Wildman–Crippen MR) is 87.5 cm³/mol. The smallest absolute Gasteiger partial charge is 0.239 e. The van der Waals surface area contributed by atoms with Crippen LogP contribution in [0.3, 0.4) is 0 Å². The van der Waals surface area contributed by atoms with Gasteiger partial charge >= 0.3 is 0 Å². The highest BCUT2D eigenvalue weighted by Gasteiger charge is 2.14. The van der Waals surface area contributed by atoms with E-state index in [9.17, 15) is 8.60 Å². The molecule has 0 unspecified atom stereocenters. The Hall–Kier alpha value is -2.35. The Morgan fingerprint density at radius 1 is 1.29 bits per heavy atom. The van der Waals surface area contributed by atoms with Crippen LogP contribution in [0.5, 0.6) is 0 Å². The summed E-state index contributed by atoms with van der Waals surface area (Å²) in [6, 6.07) is 7.89. The fourth-order valence-electron chi connectivity index (χ4n) is 2.12. The van der Waals surface area contributed by atoms with Gasteiger partial charge in [0.05, 0.1) is 17.1 Å². The maximum absolute atomic E-state index is 13.3. The fourth-order valence-corrected chi connectivity index (χ4v) is 3.09. The molecular weight excluding hydrogens is 331 g/mol. The lowest BCUT2D eigenvalue weighted by Gasteiger charge is -2.01. The molecule has 2 heterocycles. The Kier molecular flexibility index (Phi) is 4.84. The summed E-state index contributed by atoms with van der Waals surface area (Å²) in [5.74, 6) is 1.26. The SMILES string of the molecule is CC(C)c1noc(C[S@@](=O)Cc2ccn(-c3cccc(F)c3)n2)n1. The molecule has 3 rings (SSSR count). The lowest BCUT2D eigenvalue weighted by molar-refractivity contribution is 0.382. The summed E-state index contributed by atoms with van der Waals surface area (Å²) in [6.45, 7) is 3.93. The van der Waals surface area contributed by atoms with Crippen LogP contribution < -0.4 is 0 Å². The molecule has 1 atom stereocenters. The largest absolute Gasteiger partial charge is 0.338 e. The van der Waals surface area contributed by atoms with Gasteiger partial charge in [-0.3, -0.25) is 4.21 Å². The minimum atomic E-state index is -1.22. The second-order valence-electron chi connectivity index (χ2n) is 5.66. The van der Waals surface area contributed by atoms with Gasteiger partial charge in [0.15, 0.2) is 5.82 Å². The van der Waals surface area contributed by atoms with Crippen molar-refractivity contribution in [1.82, 2.24) is 19.9 Å². The number of hydrogen-bond donors (Lipinski definition) is 0. The Bertz CT molecular complexity index is 859. The Morgan fingerprint density at radius 3 is 2.83 bits per heavy atom. The van der Waals surface area contributed by atoms with Gasteiger partial charge in [-0.05, 0) is 24.3 Å². The third-order valence-corrected chi connectivity index (χ3v) is 4.50. The van der Waals surface area contributed by atoms with E-state index < -0.39 is 10.8 Å². The van der Waals surface area contributed by atoms with Crippen molar-refractivity contribution in [2.24, 2.45) is 0 Å². The van der Waals surface area contributed by atoms with Gasteiger partial charge in [-0.2, -0.15) is 10.1 Å². The average molecular weight is 348 g/mol. The zero-order valence-corrected chi connectivity index (χ0v) is 14.2. The van der Waals surface area contributed by atoms with Crippen LogP contribution in [0, 0.1) is 5.82 Å². The van der Waals surface area contributed by atoms with E-state index in [0.717, 1.165) is 0 Å². The van der Waals surface area contributed by atoms with Crippen LogP contribution in [0.15, 0.2) is 41.1 Å². The van der Waals surface area contributed by atoms with Crippen molar-refractivity contribution < 1.29 is 13.1 Å². The molecule has 2 aromatic heterocycles. The standard InChI is InChI=1S/C16H17FN4O2S/c1-11(2)16-18-15(23-20-16)10-24(22)9-13-6-7-21(19-13)14-5-3-4-12(17)8-14/h3-8,11H,9-10H2,1-2H3/t24-/m0/s1. The average Bonchev–Trinajstić information content (AvgIpc) is 3.17. The molecule has 0 saturated heterocycles. The van der Waals surface area contributed by atoms with Crippen molar-refractivity contribution in [3.63, 3.8) is 0 Å². The summed E-state index contributed by atoms with van der Waals surface area (Å²) in [5, 5.41) is 8.18. The first kappa shape index (κ1) is 16.5. The molecule has 0 aliphatic rings. The molecule has 3 aromatic rings. The third kappa shape index (κ3) is 3.94. The number of rotatable bonds is 6. The number of nitrogens with zero attached hydrogens (tertiary/aromatic N) is 4. The zero-order valence-electron chi connectivity index (χ0n) is 13.3. The highest BCUT2D eigenvalue weighted by molar-refractivity contribution is 7.83. The molecule has 0 saturated carbocycles. The Labute approximate surface area is 141 Å². The number of halogens is 1. The summed E-state index contributed by atoms with van der Waals surface area (Å²) < 4.78 is 32.1. The molecule has 126 valence electrons. The summed E-state index contributed by atoms with van der Waals surface area (Å²) in [5.41, 5.74) is 1.27. The number of benzene rings is 1. The van der Waals surface area contributed by atoms with Gasteiger partial charge in [-0.1, -0.05) is 25.1 Å². The van der Waals surface area contributed by atoms with Gasteiger partial charge in [0.1, 0.15) is 11.6 Å². The molecule has 1 aromatic carbocycles. The summed E-state index contributed by atoms with van der Waals surface area (Å²) in [4.78, 5) is 4.22. The maximum atomic E-state index is 13.3. The van der Waals surface area contributed by atoms with Gasteiger partial charge in [0.25, 0.3) is 0 Å². The van der Waals surface area contributed by atoms with Crippen molar-refractivity contribution in [3.05, 3.63) is 59.8 Å². The third-order valence-electron chi connectivity index (χ3n) is 3.31. The molecular formula is C16H17FN4O2S. The van der Waals surface area contributed by atoms with Crippen molar-refractivity contribution in [2.75, 3.05) is 0 Å². The lowest BCUT2D eigenvalue weighted by Crippen LogP contribution is -2.02. The molecule has 0 fully saturated rings. The Morgan fingerprint density at radius 2 is 2.12 bits per heavy atom. The molecule has 0 bridgehead atoms. The first-order valence-corrected chi connectivity index (χ1v) is 8.98. The van der Waals surface area contributed by atoms with Crippen LogP contribution in [0.4, 0.5) is 4.39 Å². The van der Waals surface area contributed by atoms with Crippen LogP contribution in [0.1, 0.15) is 37.2 Å². The minimum absolute atomic E-state index is 0.165. The van der Waals surface area contributed by atoms with Gasteiger partial charge in [0, 0.05) is 22.9 Å². The summed E-state index contributed by atoms with van der Waals surface area (Å²) in [6.07, 6.45) is 1.71. The van der Waals surface area contributed by atoms with Crippen LogP contribution in [-0.2, 0) is 22.3 Å². The molecule has 24 heavy (non-hydrogen) atoms. The first-order chi connectivity index (χ1) is 11.5. The summed E-state index contributed by atoms with van der Waals surface area (Å²) >= 11 is 0. The number of hydrogen-bond acceptors (Lipinski definition) is 5. The van der Waals surface area contributed by atoms with Crippen molar-refractivity contribution in [2.45, 2.75) is 31.3 Å². The Balaban J connectivity index is 1.64. The van der Waals surface area contributed by atoms with E-state index in [1.54, 1.807) is 29.1 Å². The second kappa shape index (κ2) is 7.04. The van der Waals surface area contributed by atoms with Crippen molar-refractivity contribution in [1.29, 1.82) is 0 Å². The summed E-state index contributed by atoms with van der Waals surface area (Å²) in [7, 11) is -1.22. The highest BCUT2D eigenvalue weighted by Crippen LogP contribution is 2.13.